The third-order valence-corrected chi connectivity index (χ3v) is 2.03. The lowest BCUT2D eigenvalue weighted by Crippen LogP contribution is -2.32. The number of anilines is 2. The number of aromatic nitrogens is 2. The number of nitrogens with one attached hydrogen (secondary N) is 2. The van der Waals surface area contributed by atoms with Crippen LogP contribution in [0.2, 0.25) is 0 Å². The molecular formula is C9H14N6O4. The predicted molar refractivity (Wildman–Crippen MR) is 66.5 cm³/mol. The highest BCUT2D eigenvalue weighted by Gasteiger charge is 2.17. The van der Waals surface area contributed by atoms with Crippen LogP contribution in [0.5, 0.6) is 0 Å². The van der Waals surface area contributed by atoms with Crippen molar-refractivity contribution in [3.05, 3.63) is 16.3 Å². The molecule has 0 aliphatic rings. The third kappa shape index (κ3) is 4.71. The molecule has 0 saturated carbocycles. The Bertz CT molecular complexity index is 466. The van der Waals surface area contributed by atoms with Crippen molar-refractivity contribution in [2.75, 3.05) is 37.9 Å². The van der Waals surface area contributed by atoms with Crippen molar-refractivity contribution >= 4 is 23.4 Å². The highest BCUT2D eigenvalue weighted by Crippen LogP contribution is 2.20. The van der Waals surface area contributed by atoms with Gasteiger partial charge < -0.3 is 21.1 Å². The van der Waals surface area contributed by atoms with Gasteiger partial charge in [-0.25, -0.2) is 4.98 Å². The summed E-state index contributed by atoms with van der Waals surface area (Å²) in [6, 6.07) is 0. The monoisotopic (exact) mass is 270 g/mol. The number of carbonyl (C=O) groups is 1. The van der Waals surface area contributed by atoms with Crippen LogP contribution in [-0.4, -0.2) is 47.6 Å². The van der Waals surface area contributed by atoms with Crippen LogP contribution in [0, 0.1) is 10.1 Å². The van der Waals surface area contributed by atoms with Crippen molar-refractivity contribution in [2.45, 2.75) is 0 Å². The summed E-state index contributed by atoms with van der Waals surface area (Å²) in [5.74, 6) is -0.559. The van der Waals surface area contributed by atoms with Crippen molar-refractivity contribution in [3.8, 4) is 0 Å². The summed E-state index contributed by atoms with van der Waals surface area (Å²) in [4.78, 5) is 28.6. The second kappa shape index (κ2) is 7.06. The average molecular weight is 270 g/mol. The number of hydrogen-bond donors (Lipinski definition) is 3. The molecule has 0 fully saturated rings. The van der Waals surface area contributed by atoms with Gasteiger partial charge in [0.25, 0.3) is 0 Å². The zero-order valence-electron chi connectivity index (χ0n) is 10.3. The molecule has 0 aliphatic heterocycles. The number of amides is 1. The fraction of sp³-hybridized carbons (Fsp3) is 0.444. The fourth-order valence-corrected chi connectivity index (χ4v) is 1.17. The topological polar surface area (TPSA) is 145 Å². The summed E-state index contributed by atoms with van der Waals surface area (Å²) < 4.78 is 4.76. The average Bonchev–Trinajstić information content (AvgIpc) is 2.36. The normalized spacial score (nSPS) is 9.95. The molecule has 0 spiro atoms. The number of carbonyl (C=O) groups excluding carboxylic acids is 1. The lowest BCUT2D eigenvalue weighted by atomic mass is 10.4. The summed E-state index contributed by atoms with van der Waals surface area (Å²) in [5.41, 5.74) is 4.98. The van der Waals surface area contributed by atoms with Crippen molar-refractivity contribution < 1.29 is 14.5 Å². The molecule has 1 amide bonds. The number of rotatable bonds is 7. The highest BCUT2D eigenvalue weighted by atomic mass is 16.6. The van der Waals surface area contributed by atoms with Crippen molar-refractivity contribution in [3.63, 3.8) is 0 Å². The molecule has 0 unspecified atom stereocenters. The zero-order valence-corrected chi connectivity index (χ0v) is 10.3. The first-order valence-corrected chi connectivity index (χ1v) is 5.31. The summed E-state index contributed by atoms with van der Waals surface area (Å²) in [6.07, 6.45) is 0.980. The minimum Gasteiger partial charge on any atom is -0.383 e. The maximum absolute atomic E-state index is 11.4. The Kier molecular flexibility index (Phi) is 5.41. The quantitative estimate of drug-likeness (QED) is 0.329. The maximum Gasteiger partial charge on any atom is 0.329 e. The molecule has 0 aromatic carbocycles. The van der Waals surface area contributed by atoms with Crippen molar-refractivity contribution in [1.29, 1.82) is 0 Å². The molecule has 104 valence electrons. The molecule has 1 aromatic heterocycles. The van der Waals surface area contributed by atoms with Gasteiger partial charge in [0.15, 0.2) is 0 Å². The van der Waals surface area contributed by atoms with Crippen molar-refractivity contribution in [1.82, 2.24) is 15.3 Å². The van der Waals surface area contributed by atoms with E-state index in [4.69, 9.17) is 10.5 Å². The maximum atomic E-state index is 11.4. The predicted octanol–water partition coefficient (Wildman–Crippen LogP) is -0.858. The van der Waals surface area contributed by atoms with Crippen LogP contribution >= 0.6 is 0 Å². The van der Waals surface area contributed by atoms with Crippen LogP contribution < -0.4 is 16.4 Å². The van der Waals surface area contributed by atoms with Gasteiger partial charge in [0.05, 0.1) is 18.1 Å². The lowest BCUT2D eigenvalue weighted by molar-refractivity contribution is -0.384. The second-order valence-electron chi connectivity index (χ2n) is 3.42. The minimum atomic E-state index is -0.662. The Hall–Kier alpha value is -2.49. The third-order valence-electron chi connectivity index (χ3n) is 2.03. The fourth-order valence-electron chi connectivity index (χ4n) is 1.17. The van der Waals surface area contributed by atoms with E-state index in [9.17, 15) is 14.9 Å². The molecule has 10 nitrogen and oxygen atoms in total. The Morgan fingerprint density at radius 3 is 3.00 bits per heavy atom. The minimum absolute atomic E-state index is 0.0978. The Morgan fingerprint density at radius 2 is 2.37 bits per heavy atom. The summed E-state index contributed by atoms with van der Waals surface area (Å²) >= 11 is 0. The lowest BCUT2D eigenvalue weighted by Gasteiger charge is -2.07. The molecule has 0 radical (unpaired) electrons. The number of nitro groups is 1. The van der Waals surface area contributed by atoms with Gasteiger partial charge in [0, 0.05) is 13.7 Å². The van der Waals surface area contributed by atoms with Crippen LogP contribution in [0.1, 0.15) is 0 Å². The molecule has 4 N–H and O–H groups in total. The van der Waals surface area contributed by atoms with Gasteiger partial charge in [-0.05, 0) is 0 Å². The van der Waals surface area contributed by atoms with Crippen molar-refractivity contribution in [2.24, 2.45) is 0 Å². The summed E-state index contributed by atoms with van der Waals surface area (Å²) in [6.45, 7) is 0.568. The number of methoxy groups -OCH3 is 1. The van der Waals surface area contributed by atoms with E-state index in [2.05, 4.69) is 20.6 Å². The number of nitrogens with zero attached hydrogens (tertiary/aromatic N) is 3. The Morgan fingerprint density at radius 1 is 1.63 bits per heavy atom. The van der Waals surface area contributed by atoms with E-state index in [1.807, 2.05) is 0 Å². The molecule has 10 heteroatoms. The first-order chi connectivity index (χ1) is 9.04. The number of ether oxygens (including phenoxy) is 1. The van der Waals surface area contributed by atoms with E-state index >= 15 is 0 Å². The van der Waals surface area contributed by atoms with E-state index in [0.29, 0.717) is 13.2 Å². The first kappa shape index (κ1) is 14.6. The van der Waals surface area contributed by atoms with Crippen LogP contribution in [0.25, 0.3) is 0 Å². The van der Waals surface area contributed by atoms with E-state index < -0.39 is 4.92 Å². The molecule has 0 bridgehead atoms. The highest BCUT2D eigenvalue weighted by molar-refractivity contribution is 5.81. The Balaban J connectivity index is 2.59. The van der Waals surface area contributed by atoms with E-state index in [1.165, 1.54) is 7.11 Å². The molecule has 19 heavy (non-hydrogen) atoms. The molecule has 0 aliphatic carbocycles. The first-order valence-electron chi connectivity index (χ1n) is 5.31. The van der Waals surface area contributed by atoms with E-state index in [1.54, 1.807) is 0 Å². The van der Waals surface area contributed by atoms with Crippen LogP contribution in [0.3, 0.4) is 0 Å². The smallest absolute Gasteiger partial charge is 0.329 e. The van der Waals surface area contributed by atoms with Gasteiger partial charge in [-0.2, -0.15) is 4.98 Å². The number of nitrogen functional groups attached to an aromatic ring is 1. The number of hydrogen-bond acceptors (Lipinski definition) is 8. The zero-order chi connectivity index (χ0) is 14.3. The second-order valence-corrected chi connectivity index (χ2v) is 3.42. The molecule has 1 rings (SSSR count). The SMILES string of the molecule is COCCNC(=O)CNc1nc(N)ncc1[N+](=O)[O-]. The van der Waals surface area contributed by atoms with Gasteiger partial charge in [-0.3, -0.25) is 14.9 Å². The number of nitrogens with two attached hydrogens (primary N) is 1. The van der Waals surface area contributed by atoms with Crippen LogP contribution in [0.4, 0.5) is 17.5 Å². The molecule has 0 saturated heterocycles. The largest absolute Gasteiger partial charge is 0.383 e. The van der Waals surface area contributed by atoms with E-state index in [-0.39, 0.29) is 29.9 Å². The van der Waals surface area contributed by atoms with Gasteiger partial charge in [-0.1, -0.05) is 0 Å². The molecular weight excluding hydrogens is 256 g/mol. The molecule has 1 aromatic rings. The van der Waals surface area contributed by atoms with Crippen LogP contribution in [0.15, 0.2) is 6.20 Å². The van der Waals surface area contributed by atoms with Gasteiger partial charge in [-0.15, -0.1) is 0 Å². The molecule has 0 atom stereocenters. The van der Waals surface area contributed by atoms with Crippen LogP contribution in [-0.2, 0) is 9.53 Å². The Labute approximate surface area is 108 Å². The van der Waals surface area contributed by atoms with Gasteiger partial charge >= 0.3 is 5.69 Å². The summed E-state index contributed by atoms with van der Waals surface area (Å²) in [5, 5.41) is 15.8. The van der Waals surface area contributed by atoms with Gasteiger partial charge in [0.2, 0.25) is 17.7 Å². The molecule has 1 heterocycles. The standard InChI is InChI=1S/C9H14N6O4/c1-19-3-2-11-7(16)5-12-8-6(15(17)18)4-13-9(10)14-8/h4H,2-3,5H2,1H3,(H,11,16)(H3,10,12,13,14). The van der Waals surface area contributed by atoms with Gasteiger partial charge in [0.1, 0.15) is 6.20 Å². The summed E-state index contributed by atoms with van der Waals surface area (Å²) in [7, 11) is 1.51. The van der Waals surface area contributed by atoms with E-state index in [0.717, 1.165) is 6.20 Å².